The van der Waals surface area contributed by atoms with Crippen molar-refractivity contribution in [2.24, 2.45) is 0 Å². The lowest BCUT2D eigenvalue weighted by molar-refractivity contribution is -0.136. The number of rotatable bonds is 4. The van der Waals surface area contributed by atoms with E-state index < -0.39 is 0 Å². The molecule has 20 heavy (non-hydrogen) atoms. The second kappa shape index (κ2) is 6.88. The van der Waals surface area contributed by atoms with Gasteiger partial charge in [0.25, 0.3) is 0 Å². The van der Waals surface area contributed by atoms with E-state index >= 15 is 0 Å². The quantitative estimate of drug-likeness (QED) is 0.846. The number of likely N-dealkylation sites (N-methyl/N-ethyl adjacent to an activating group) is 2. The number of aromatic nitrogens is 1. The molecule has 1 saturated heterocycles. The minimum atomic E-state index is 0.0102. The van der Waals surface area contributed by atoms with Crippen LogP contribution in [0.3, 0.4) is 0 Å². The average molecular weight is 279 g/mol. The number of nitrogens with zero attached hydrogens (tertiary/aromatic N) is 3. The molecule has 0 saturated carbocycles. The zero-order valence-corrected chi connectivity index (χ0v) is 12.8. The first-order valence-electron chi connectivity index (χ1n) is 7.51. The van der Waals surface area contributed by atoms with Crippen LogP contribution in [-0.4, -0.2) is 47.5 Å². The van der Waals surface area contributed by atoms with Crippen LogP contribution in [0.25, 0.3) is 0 Å². The van der Waals surface area contributed by atoms with Crippen LogP contribution < -0.4 is 0 Å². The van der Waals surface area contributed by atoms with E-state index in [1.807, 2.05) is 27.1 Å². The third-order valence-electron chi connectivity index (χ3n) is 4.04. The Bertz CT molecular complexity index is 444. The number of likely N-dealkylation sites (tertiary alicyclic amines) is 1. The summed E-state index contributed by atoms with van der Waals surface area (Å²) in [6, 6.07) is 1.94. The number of aryl methyl sites for hydroxylation is 1. The first-order valence-corrected chi connectivity index (χ1v) is 7.51. The molecule has 5 nitrogen and oxygen atoms in total. The monoisotopic (exact) mass is 279 g/mol. The predicted octanol–water partition coefficient (Wildman–Crippen LogP) is 2.07. The number of carbonyl (C=O) groups is 1. The fourth-order valence-electron chi connectivity index (χ4n) is 2.73. The molecular weight excluding hydrogens is 254 g/mol. The predicted molar refractivity (Wildman–Crippen MR) is 77.2 cm³/mol. The van der Waals surface area contributed by atoms with Gasteiger partial charge in [0.05, 0.1) is 18.3 Å². The molecule has 1 amide bonds. The van der Waals surface area contributed by atoms with Crippen LogP contribution in [0.5, 0.6) is 0 Å². The highest BCUT2D eigenvalue weighted by Crippen LogP contribution is 2.18. The van der Waals surface area contributed by atoms with Crippen LogP contribution in [0.15, 0.2) is 10.6 Å². The highest BCUT2D eigenvalue weighted by atomic mass is 16.5. The molecule has 1 aliphatic heterocycles. The number of carbonyl (C=O) groups excluding carboxylic acids is 1. The van der Waals surface area contributed by atoms with E-state index in [1.54, 1.807) is 4.90 Å². The van der Waals surface area contributed by atoms with Crippen molar-refractivity contribution in [2.75, 3.05) is 20.6 Å². The fraction of sp³-hybridized carbons (Fsp3) is 0.733. The summed E-state index contributed by atoms with van der Waals surface area (Å²) < 4.78 is 5.26. The highest BCUT2D eigenvalue weighted by molar-refractivity contribution is 5.81. The zero-order valence-electron chi connectivity index (χ0n) is 12.8. The van der Waals surface area contributed by atoms with Crippen molar-refractivity contribution in [2.45, 2.75) is 51.6 Å². The molecule has 0 radical (unpaired) electrons. The van der Waals surface area contributed by atoms with Gasteiger partial charge in [-0.3, -0.25) is 9.69 Å². The lowest BCUT2D eigenvalue weighted by atomic mass is 10.1. The fourth-order valence-corrected chi connectivity index (χ4v) is 2.73. The van der Waals surface area contributed by atoms with Gasteiger partial charge in [-0.05, 0) is 32.9 Å². The van der Waals surface area contributed by atoms with Gasteiger partial charge < -0.3 is 9.42 Å². The van der Waals surface area contributed by atoms with E-state index in [0.717, 1.165) is 37.3 Å². The molecular formula is C15H25N3O2. The van der Waals surface area contributed by atoms with Crippen molar-refractivity contribution >= 4 is 5.91 Å². The average Bonchev–Trinajstić information content (AvgIpc) is 2.78. The van der Waals surface area contributed by atoms with Crippen LogP contribution in [0, 0.1) is 0 Å². The van der Waals surface area contributed by atoms with Crippen molar-refractivity contribution in [1.82, 2.24) is 15.0 Å². The van der Waals surface area contributed by atoms with E-state index in [4.69, 9.17) is 4.52 Å². The third kappa shape index (κ3) is 3.60. The minimum absolute atomic E-state index is 0.0102. The summed E-state index contributed by atoms with van der Waals surface area (Å²) in [6.07, 6.45) is 5.35. The van der Waals surface area contributed by atoms with E-state index in [9.17, 15) is 4.79 Å². The van der Waals surface area contributed by atoms with Gasteiger partial charge in [0.2, 0.25) is 5.91 Å². The van der Waals surface area contributed by atoms with E-state index in [-0.39, 0.29) is 11.9 Å². The molecule has 2 heterocycles. The van der Waals surface area contributed by atoms with Crippen LogP contribution >= 0.6 is 0 Å². The second-order valence-electron chi connectivity index (χ2n) is 5.68. The molecule has 5 heteroatoms. The molecule has 1 aliphatic rings. The van der Waals surface area contributed by atoms with E-state index in [2.05, 4.69) is 10.1 Å². The topological polar surface area (TPSA) is 49.6 Å². The van der Waals surface area contributed by atoms with Gasteiger partial charge in [-0.25, -0.2) is 0 Å². The van der Waals surface area contributed by atoms with Crippen LogP contribution in [0.1, 0.15) is 44.1 Å². The molecule has 0 bridgehead atoms. The summed E-state index contributed by atoms with van der Waals surface area (Å²) in [6.45, 7) is 3.54. The summed E-state index contributed by atoms with van der Waals surface area (Å²) in [5, 5.41) is 3.97. The Kier molecular flexibility index (Phi) is 5.17. The molecule has 112 valence electrons. The van der Waals surface area contributed by atoms with Crippen molar-refractivity contribution in [3.63, 3.8) is 0 Å². The van der Waals surface area contributed by atoms with Gasteiger partial charge in [0.1, 0.15) is 0 Å². The molecule has 0 spiro atoms. The molecule has 1 aromatic rings. The molecule has 0 aliphatic carbocycles. The molecule has 1 atom stereocenters. The first kappa shape index (κ1) is 15.0. The normalized spacial score (nSPS) is 20.6. The molecule has 1 unspecified atom stereocenters. The van der Waals surface area contributed by atoms with Crippen molar-refractivity contribution < 1.29 is 9.32 Å². The number of hydrogen-bond donors (Lipinski definition) is 0. The zero-order chi connectivity index (χ0) is 14.5. The molecule has 0 N–H and O–H groups in total. The highest BCUT2D eigenvalue weighted by Gasteiger charge is 2.27. The van der Waals surface area contributed by atoms with Gasteiger partial charge in [-0.15, -0.1) is 0 Å². The van der Waals surface area contributed by atoms with Crippen molar-refractivity contribution in [3.8, 4) is 0 Å². The maximum absolute atomic E-state index is 12.6. The SMILES string of the molecule is CCc1cc(CN(C)C(=O)C2CCCCCN2C)on1. The Morgan fingerprint density at radius 1 is 1.50 bits per heavy atom. The van der Waals surface area contributed by atoms with Gasteiger partial charge in [0.15, 0.2) is 5.76 Å². The van der Waals surface area contributed by atoms with Crippen LogP contribution in [-0.2, 0) is 17.8 Å². The maximum atomic E-state index is 12.6. The number of amides is 1. The van der Waals surface area contributed by atoms with Crippen LogP contribution in [0.2, 0.25) is 0 Å². The van der Waals surface area contributed by atoms with Gasteiger partial charge in [-0.1, -0.05) is 24.9 Å². The Hall–Kier alpha value is -1.36. The maximum Gasteiger partial charge on any atom is 0.240 e. The summed E-state index contributed by atoms with van der Waals surface area (Å²) in [7, 11) is 3.89. The van der Waals surface area contributed by atoms with Crippen molar-refractivity contribution in [1.29, 1.82) is 0 Å². The Labute approximate surface area is 120 Å². The van der Waals surface area contributed by atoms with E-state index in [0.29, 0.717) is 6.54 Å². The van der Waals surface area contributed by atoms with Gasteiger partial charge in [0, 0.05) is 13.1 Å². The molecule has 1 fully saturated rings. The Morgan fingerprint density at radius 3 is 3.00 bits per heavy atom. The smallest absolute Gasteiger partial charge is 0.240 e. The lowest BCUT2D eigenvalue weighted by Crippen LogP contribution is -2.45. The summed E-state index contributed by atoms with van der Waals surface area (Å²) in [5.41, 5.74) is 0.937. The summed E-state index contributed by atoms with van der Waals surface area (Å²) >= 11 is 0. The van der Waals surface area contributed by atoms with Gasteiger partial charge >= 0.3 is 0 Å². The van der Waals surface area contributed by atoms with Gasteiger partial charge in [-0.2, -0.15) is 0 Å². The first-order chi connectivity index (χ1) is 9.61. The summed E-state index contributed by atoms with van der Waals surface area (Å²) in [4.78, 5) is 16.5. The second-order valence-corrected chi connectivity index (χ2v) is 5.68. The third-order valence-corrected chi connectivity index (χ3v) is 4.04. The molecule has 0 aromatic carbocycles. The molecule has 2 rings (SSSR count). The van der Waals surface area contributed by atoms with Crippen LogP contribution in [0.4, 0.5) is 0 Å². The Balaban J connectivity index is 1.96. The minimum Gasteiger partial charge on any atom is -0.359 e. The standard InChI is InChI=1S/C15H25N3O2/c1-4-12-10-13(20-16-12)11-18(3)15(19)14-8-6-5-7-9-17(14)2/h10,14H,4-9,11H2,1-3H3. The Morgan fingerprint density at radius 2 is 2.30 bits per heavy atom. The molecule has 1 aromatic heterocycles. The largest absolute Gasteiger partial charge is 0.359 e. The van der Waals surface area contributed by atoms with E-state index in [1.165, 1.54) is 12.8 Å². The summed E-state index contributed by atoms with van der Waals surface area (Å²) in [5.74, 6) is 0.942. The van der Waals surface area contributed by atoms with Crippen molar-refractivity contribution in [3.05, 3.63) is 17.5 Å². The lowest BCUT2D eigenvalue weighted by Gasteiger charge is -2.28. The number of hydrogen-bond acceptors (Lipinski definition) is 4.